The first kappa shape index (κ1) is 17.7. The molecule has 0 saturated heterocycles. The Bertz CT molecular complexity index is 909. The van der Waals surface area contributed by atoms with Crippen molar-refractivity contribution in [3.8, 4) is 11.5 Å². The quantitative estimate of drug-likeness (QED) is 0.605. The number of thioether (sulfide) groups is 1. The van der Waals surface area contributed by atoms with E-state index in [0.29, 0.717) is 24.9 Å². The van der Waals surface area contributed by atoms with Crippen LogP contribution in [0.2, 0.25) is 0 Å². The third-order valence-corrected chi connectivity index (χ3v) is 5.13. The zero-order valence-corrected chi connectivity index (χ0v) is 15.8. The van der Waals surface area contributed by atoms with Crippen molar-refractivity contribution in [1.82, 2.24) is 9.88 Å². The van der Waals surface area contributed by atoms with Gasteiger partial charge in [0, 0.05) is 6.54 Å². The molecule has 0 N–H and O–H groups in total. The lowest BCUT2D eigenvalue weighted by Crippen LogP contribution is -2.44. The largest absolute Gasteiger partial charge is 0.486 e. The monoisotopic (exact) mass is 384 g/mol. The summed E-state index contributed by atoms with van der Waals surface area (Å²) in [4.78, 5) is 18.8. The maximum absolute atomic E-state index is 12.6. The van der Waals surface area contributed by atoms with Crippen molar-refractivity contribution < 1.29 is 18.7 Å². The number of oxazole rings is 1. The Morgan fingerprint density at radius 3 is 2.78 bits per heavy atom. The van der Waals surface area contributed by atoms with Crippen molar-refractivity contribution in [2.75, 3.05) is 25.4 Å². The van der Waals surface area contributed by atoms with Crippen LogP contribution < -0.4 is 9.47 Å². The first-order chi connectivity index (χ1) is 13.2. The van der Waals surface area contributed by atoms with Crippen LogP contribution in [-0.4, -0.2) is 47.3 Å². The number of rotatable bonds is 6. The van der Waals surface area contributed by atoms with Gasteiger partial charge in [0.1, 0.15) is 12.1 Å². The van der Waals surface area contributed by atoms with Gasteiger partial charge >= 0.3 is 0 Å². The highest BCUT2D eigenvalue weighted by molar-refractivity contribution is 7.99. The topological polar surface area (TPSA) is 64.8 Å². The molecule has 1 atom stereocenters. The van der Waals surface area contributed by atoms with Gasteiger partial charge in [0.15, 0.2) is 23.2 Å². The molecule has 1 unspecified atom stereocenters. The van der Waals surface area contributed by atoms with Gasteiger partial charge in [-0.1, -0.05) is 36.0 Å². The Kier molecular flexibility index (Phi) is 5.20. The summed E-state index contributed by atoms with van der Waals surface area (Å²) in [6.45, 7) is 3.48. The minimum absolute atomic E-state index is 0.0206. The van der Waals surface area contributed by atoms with Gasteiger partial charge in [0.2, 0.25) is 5.91 Å². The predicted molar refractivity (Wildman–Crippen MR) is 103 cm³/mol. The molecule has 0 saturated carbocycles. The van der Waals surface area contributed by atoms with Gasteiger partial charge in [-0.3, -0.25) is 4.79 Å². The third kappa shape index (κ3) is 4.03. The Labute approximate surface area is 161 Å². The molecule has 2 aromatic carbocycles. The molecule has 27 heavy (non-hydrogen) atoms. The van der Waals surface area contributed by atoms with E-state index in [1.807, 2.05) is 55.5 Å². The number of likely N-dealkylation sites (N-methyl/N-ethyl adjacent to an activating group) is 1. The van der Waals surface area contributed by atoms with Gasteiger partial charge < -0.3 is 18.8 Å². The Morgan fingerprint density at radius 2 is 1.96 bits per heavy atom. The molecule has 4 rings (SSSR count). The van der Waals surface area contributed by atoms with Gasteiger partial charge in [0.25, 0.3) is 5.22 Å². The summed E-state index contributed by atoms with van der Waals surface area (Å²) in [5.41, 5.74) is 1.53. The van der Waals surface area contributed by atoms with Crippen LogP contribution in [0.3, 0.4) is 0 Å². The second-order valence-corrected chi connectivity index (χ2v) is 7.09. The molecule has 7 heteroatoms. The average Bonchev–Trinajstić information content (AvgIpc) is 3.13. The number of carbonyl (C=O) groups is 1. The van der Waals surface area contributed by atoms with Crippen molar-refractivity contribution in [3.05, 3.63) is 48.5 Å². The lowest BCUT2D eigenvalue weighted by Gasteiger charge is -2.30. The van der Waals surface area contributed by atoms with Gasteiger partial charge in [0.05, 0.1) is 12.3 Å². The van der Waals surface area contributed by atoms with Gasteiger partial charge in [-0.15, -0.1) is 0 Å². The number of carbonyl (C=O) groups excluding carboxylic acids is 1. The van der Waals surface area contributed by atoms with E-state index in [-0.39, 0.29) is 17.8 Å². The molecule has 2 heterocycles. The number of fused-ring (bicyclic) bond motifs is 2. The SMILES string of the molecule is CCN(CC1COc2ccccc2O1)C(=O)CSc1nc2ccccc2o1. The smallest absolute Gasteiger partial charge is 0.257 e. The zero-order valence-electron chi connectivity index (χ0n) is 15.0. The lowest BCUT2D eigenvalue weighted by molar-refractivity contribution is -0.129. The summed E-state index contributed by atoms with van der Waals surface area (Å²) in [5.74, 6) is 1.75. The van der Waals surface area contributed by atoms with E-state index in [2.05, 4.69) is 4.98 Å². The van der Waals surface area contributed by atoms with Crippen molar-refractivity contribution in [2.45, 2.75) is 18.3 Å². The Morgan fingerprint density at radius 1 is 1.19 bits per heavy atom. The molecule has 1 amide bonds. The lowest BCUT2D eigenvalue weighted by atomic mass is 10.2. The molecule has 140 valence electrons. The van der Waals surface area contributed by atoms with Gasteiger partial charge in [-0.05, 0) is 31.2 Å². The van der Waals surface area contributed by atoms with E-state index in [1.165, 1.54) is 11.8 Å². The van der Waals surface area contributed by atoms with Crippen LogP contribution in [-0.2, 0) is 4.79 Å². The van der Waals surface area contributed by atoms with Crippen LogP contribution >= 0.6 is 11.8 Å². The molecule has 6 nitrogen and oxygen atoms in total. The van der Waals surface area contributed by atoms with Crippen LogP contribution in [0.4, 0.5) is 0 Å². The van der Waals surface area contributed by atoms with E-state index in [9.17, 15) is 4.79 Å². The molecule has 0 fully saturated rings. The summed E-state index contributed by atoms with van der Waals surface area (Å²) < 4.78 is 17.3. The summed E-state index contributed by atoms with van der Waals surface area (Å²) in [5, 5.41) is 0.506. The fraction of sp³-hybridized carbons (Fsp3) is 0.300. The highest BCUT2D eigenvalue weighted by Crippen LogP contribution is 2.31. The molecule has 1 aliphatic heterocycles. The van der Waals surface area contributed by atoms with Crippen molar-refractivity contribution >= 4 is 28.8 Å². The van der Waals surface area contributed by atoms with Crippen molar-refractivity contribution in [2.24, 2.45) is 0 Å². The molecule has 0 radical (unpaired) electrons. The van der Waals surface area contributed by atoms with E-state index >= 15 is 0 Å². The number of ether oxygens (including phenoxy) is 2. The molecular weight excluding hydrogens is 364 g/mol. The van der Waals surface area contributed by atoms with E-state index in [1.54, 1.807) is 4.90 Å². The number of aromatic nitrogens is 1. The van der Waals surface area contributed by atoms with Crippen molar-refractivity contribution in [1.29, 1.82) is 0 Å². The molecule has 0 aliphatic carbocycles. The number of hydrogen-bond donors (Lipinski definition) is 0. The summed E-state index contributed by atoms with van der Waals surface area (Å²) >= 11 is 1.31. The average molecular weight is 384 g/mol. The first-order valence-corrected chi connectivity index (χ1v) is 9.86. The highest BCUT2D eigenvalue weighted by Gasteiger charge is 2.25. The fourth-order valence-corrected chi connectivity index (χ4v) is 3.67. The standard InChI is InChI=1S/C20H20N2O4S/c1-2-22(11-14-12-24-17-9-5-6-10-18(17)25-14)19(23)13-27-20-21-15-7-3-4-8-16(15)26-20/h3-10,14H,2,11-13H2,1H3. The number of benzene rings is 2. The molecule has 0 spiro atoms. The maximum Gasteiger partial charge on any atom is 0.257 e. The summed E-state index contributed by atoms with van der Waals surface area (Å²) in [6.07, 6.45) is -0.182. The van der Waals surface area contributed by atoms with Crippen LogP contribution in [0, 0.1) is 0 Å². The van der Waals surface area contributed by atoms with Crippen LogP contribution in [0.25, 0.3) is 11.1 Å². The number of nitrogens with zero attached hydrogens (tertiary/aromatic N) is 2. The normalized spacial score (nSPS) is 15.7. The van der Waals surface area contributed by atoms with Crippen LogP contribution in [0.1, 0.15) is 6.92 Å². The van der Waals surface area contributed by atoms with E-state index in [0.717, 1.165) is 22.6 Å². The van der Waals surface area contributed by atoms with Crippen LogP contribution in [0.5, 0.6) is 11.5 Å². The molecule has 0 bridgehead atoms. The number of amides is 1. The minimum atomic E-state index is -0.182. The third-order valence-electron chi connectivity index (χ3n) is 4.32. The first-order valence-electron chi connectivity index (χ1n) is 8.87. The number of para-hydroxylation sites is 4. The maximum atomic E-state index is 12.6. The second kappa shape index (κ2) is 7.92. The molecule has 3 aromatic rings. The van der Waals surface area contributed by atoms with E-state index in [4.69, 9.17) is 13.9 Å². The molecule has 1 aliphatic rings. The Balaban J connectivity index is 1.34. The highest BCUT2D eigenvalue weighted by atomic mass is 32.2. The zero-order chi connectivity index (χ0) is 18.6. The second-order valence-electron chi connectivity index (χ2n) is 6.17. The van der Waals surface area contributed by atoms with Gasteiger partial charge in [-0.2, -0.15) is 0 Å². The van der Waals surface area contributed by atoms with Gasteiger partial charge in [-0.25, -0.2) is 4.98 Å². The molecular formula is C20H20N2O4S. The molecule has 1 aromatic heterocycles. The summed E-state index contributed by atoms with van der Waals surface area (Å²) in [7, 11) is 0. The fourth-order valence-electron chi connectivity index (χ4n) is 2.93. The predicted octanol–water partition coefficient (Wildman–Crippen LogP) is 3.61. The number of hydrogen-bond acceptors (Lipinski definition) is 6. The summed E-state index contributed by atoms with van der Waals surface area (Å²) in [6, 6.07) is 15.1. The van der Waals surface area contributed by atoms with Crippen LogP contribution in [0.15, 0.2) is 58.2 Å². The minimum Gasteiger partial charge on any atom is -0.486 e. The Hall–Kier alpha value is -2.67. The van der Waals surface area contributed by atoms with E-state index < -0.39 is 0 Å². The van der Waals surface area contributed by atoms with Crippen molar-refractivity contribution in [3.63, 3.8) is 0 Å².